The third-order valence-electron chi connectivity index (χ3n) is 0.871. The van der Waals surface area contributed by atoms with Gasteiger partial charge in [-0.15, -0.1) is 20.4 Å². The summed E-state index contributed by atoms with van der Waals surface area (Å²) in [6.45, 7) is 0. The van der Waals surface area contributed by atoms with Crippen molar-refractivity contribution in [1.29, 1.82) is 0 Å². The molecular formula is C4H7N5S. The lowest BCUT2D eigenvalue weighted by Gasteiger charge is -1.91. The van der Waals surface area contributed by atoms with Crippen LogP contribution in [0.2, 0.25) is 0 Å². The number of aryl methyl sites for hydroxylation is 1. The van der Waals surface area contributed by atoms with Crippen LogP contribution in [0.1, 0.15) is 5.82 Å². The second-order valence-electron chi connectivity index (χ2n) is 1.65. The molecule has 0 bridgehead atoms. The molecule has 0 aromatic carbocycles. The van der Waals surface area contributed by atoms with Gasteiger partial charge in [0.25, 0.3) is 5.95 Å². The summed E-state index contributed by atoms with van der Waals surface area (Å²) < 4.78 is 0. The molecule has 6 heteroatoms. The second-order valence-corrected chi connectivity index (χ2v) is 2.10. The molecule has 54 valence electrons. The summed E-state index contributed by atoms with van der Waals surface area (Å²) in [4.78, 5) is 0. The number of thiol groups is 1. The van der Waals surface area contributed by atoms with Crippen molar-refractivity contribution < 1.29 is 0 Å². The van der Waals surface area contributed by atoms with Crippen LogP contribution < -0.4 is 5.73 Å². The molecule has 0 radical (unpaired) electrons. The summed E-state index contributed by atoms with van der Waals surface area (Å²) in [6.07, 6.45) is 0.670. The van der Waals surface area contributed by atoms with E-state index in [9.17, 15) is 0 Å². The van der Waals surface area contributed by atoms with E-state index in [4.69, 9.17) is 5.73 Å². The van der Waals surface area contributed by atoms with Gasteiger partial charge in [-0.2, -0.15) is 12.6 Å². The van der Waals surface area contributed by atoms with E-state index in [1.165, 1.54) is 0 Å². The van der Waals surface area contributed by atoms with Crippen molar-refractivity contribution in [2.75, 3.05) is 11.5 Å². The summed E-state index contributed by atoms with van der Waals surface area (Å²) in [5, 5.41) is 14.4. The van der Waals surface area contributed by atoms with Crippen LogP contribution in [0.3, 0.4) is 0 Å². The topological polar surface area (TPSA) is 77.6 Å². The third kappa shape index (κ3) is 1.80. The highest BCUT2D eigenvalue weighted by atomic mass is 32.1. The number of rotatable bonds is 2. The highest BCUT2D eigenvalue weighted by molar-refractivity contribution is 7.80. The Morgan fingerprint density at radius 2 is 1.80 bits per heavy atom. The van der Waals surface area contributed by atoms with Gasteiger partial charge in [0.1, 0.15) is 0 Å². The summed E-state index contributed by atoms with van der Waals surface area (Å²) in [5.41, 5.74) is 5.16. The highest BCUT2D eigenvalue weighted by Gasteiger charge is 1.95. The van der Waals surface area contributed by atoms with Crippen LogP contribution in [0, 0.1) is 0 Å². The van der Waals surface area contributed by atoms with Crippen LogP contribution in [0.15, 0.2) is 0 Å². The fraction of sp³-hybridized carbons (Fsp3) is 0.500. The molecular weight excluding hydrogens is 150 g/mol. The Morgan fingerprint density at radius 1 is 1.20 bits per heavy atom. The number of aromatic nitrogens is 4. The predicted molar refractivity (Wildman–Crippen MR) is 39.6 cm³/mol. The molecule has 0 aliphatic heterocycles. The average molecular weight is 157 g/mol. The van der Waals surface area contributed by atoms with Crippen LogP contribution in [0.4, 0.5) is 5.95 Å². The largest absolute Gasteiger partial charge is 0.365 e. The number of hydrogen-bond acceptors (Lipinski definition) is 6. The first kappa shape index (κ1) is 7.20. The Bertz CT molecular complexity index is 197. The van der Waals surface area contributed by atoms with Gasteiger partial charge in [-0.25, -0.2) is 0 Å². The summed E-state index contributed by atoms with van der Waals surface area (Å²) in [7, 11) is 0. The number of anilines is 1. The normalized spacial score (nSPS) is 9.70. The van der Waals surface area contributed by atoms with E-state index in [2.05, 4.69) is 33.0 Å². The van der Waals surface area contributed by atoms with E-state index in [1.807, 2.05) is 0 Å². The highest BCUT2D eigenvalue weighted by Crippen LogP contribution is 1.89. The van der Waals surface area contributed by atoms with Crippen molar-refractivity contribution in [2.24, 2.45) is 0 Å². The van der Waals surface area contributed by atoms with Crippen LogP contribution in [0.25, 0.3) is 0 Å². The average Bonchev–Trinajstić information content (AvgIpc) is 1.95. The molecule has 5 nitrogen and oxygen atoms in total. The van der Waals surface area contributed by atoms with Gasteiger partial charge in [0, 0.05) is 6.42 Å². The first-order valence-corrected chi connectivity index (χ1v) is 3.39. The Labute approximate surface area is 63.5 Å². The molecule has 10 heavy (non-hydrogen) atoms. The van der Waals surface area contributed by atoms with Crippen LogP contribution in [0.5, 0.6) is 0 Å². The number of nitrogens with two attached hydrogens (primary N) is 1. The number of hydrogen-bond donors (Lipinski definition) is 2. The fourth-order valence-electron chi connectivity index (χ4n) is 0.458. The quantitative estimate of drug-likeness (QED) is 0.556. The van der Waals surface area contributed by atoms with Gasteiger partial charge in [-0.05, 0) is 5.75 Å². The monoisotopic (exact) mass is 157 g/mol. The lowest BCUT2D eigenvalue weighted by molar-refractivity contribution is 0.782. The molecule has 0 aliphatic carbocycles. The van der Waals surface area contributed by atoms with Gasteiger partial charge in [0.05, 0.1) is 0 Å². The first-order chi connectivity index (χ1) is 4.83. The molecule has 1 rings (SSSR count). The lowest BCUT2D eigenvalue weighted by Crippen LogP contribution is -2.05. The molecule has 1 aromatic rings. The van der Waals surface area contributed by atoms with Crippen LogP contribution in [-0.2, 0) is 6.42 Å². The zero-order valence-electron chi connectivity index (χ0n) is 5.23. The Kier molecular flexibility index (Phi) is 2.38. The molecule has 0 atom stereocenters. The van der Waals surface area contributed by atoms with Gasteiger partial charge < -0.3 is 5.73 Å². The summed E-state index contributed by atoms with van der Waals surface area (Å²) >= 11 is 3.99. The SMILES string of the molecule is Nc1nnc(CCS)nn1. The molecule has 1 heterocycles. The van der Waals surface area contributed by atoms with Crippen molar-refractivity contribution in [3.63, 3.8) is 0 Å². The van der Waals surface area contributed by atoms with Crippen LogP contribution in [-0.4, -0.2) is 26.1 Å². The molecule has 0 amide bonds. The molecule has 0 aliphatic rings. The van der Waals surface area contributed by atoms with Crippen molar-refractivity contribution in [2.45, 2.75) is 6.42 Å². The summed E-state index contributed by atoms with van der Waals surface area (Å²) in [5.74, 6) is 1.36. The third-order valence-corrected chi connectivity index (χ3v) is 1.09. The zero-order valence-corrected chi connectivity index (χ0v) is 6.12. The molecule has 0 saturated carbocycles. The zero-order chi connectivity index (χ0) is 7.40. The smallest absolute Gasteiger partial charge is 0.259 e. The van der Waals surface area contributed by atoms with Gasteiger partial charge in [0.15, 0.2) is 5.82 Å². The second kappa shape index (κ2) is 3.31. The molecule has 0 spiro atoms. The standard InChI is InChI=1S/C4H7N5S/c5-4-8-6-3(1-2-10)7-9-4/h10H,1-2H2,(H2,5,8,9). The van der Waals surface area contributed by atoms with E-state index in [0.717, 1.165) is 0 Å². The maximum Gasteiger partial charge on any atom is 0.259 e. The van der Waals surface area contributed by atoms with Crippen molar-refractivity contribution in [3.8, 4) is 0 Å². The Morgan fingerprint density at radius 3 is 2.30 bits per heavy atom. The van der Waals surface area contributed by atoms with Crippen LogP contribution >= 0.6 is 12.6 Å². The number of nitrogen functional groups attached to an aromatic ring is 1. The minimum atomic E-state index is 0.0999. The van der Waals surface area contributed by atoms with Crippen molar-refractivity contribution in [3.05, 3.63) is 5.82 Å². The maximum atomic E-state index is 5.16. The predicted octanol–water partition coefficient (Wildman–Crippen LogP) is -0.679. The van der Waals surface area contributed by atoms with Crippen molar-refractivity contribution in [1.82, 2.24) is 20.4 Å². The fourth-order valence-corrected chi connectivity index (χ4v) is 0.658. The van der Waals surface area contributed by atoms with E-state index >= 15 is 0 Å². The van der Waals surface area contributed by atoms with Crippen molar-refractivity contribution >= 4 is 18.6 Å². The minimum Gasteiger partial charge on any atom is -0.365 e. The van der Waals surface area contributed by atoms with Gasteiger partial charge in [-0.3, -0.25) is 0 Å². The van der Waals surface area contributed by atoms with E-state index in [0.29, 0.717) is 18.0 Å². The molecule has 2 N–H and O–H groups in total. The number of nitrogens with zero attached hydrogens (tertiary/aromatic N) is 4. The first-order valence-electron chi connectivity index (χ1n) is 2.75. The molecule has 0 saturated heterocycles. The Balaban J connectivity index is 2.69. The summed E-state index contributed by atoms with van der Waals surface area (Å²) in [6, 6.07) is 0. The van der Waals surface area contributed by atoms with E-state index in [-0.39, 0.29) is 5.95 Å². The molecule has 1 aromatic heterocycles. The lowest BCUT2D eigenvalue weighted by atomic mass is 10.5. The van der Waals surface area contributed by atoms with E-state index < -0.39 is 0 Å². The molecule has 0 fully saturated rings. The van der Waals surface area contributed by atoms with Gasteiger partial charge in [-0.1, -0.05) is 0 Å². The Hall–Kier alpha value is -0.910. The minimum absolute atomic E-state index is 0.0999. The van der Waals surface area contributed by atoms with E-state index in [1.54, 1.807) is 0 Å². The molecule has 0 unspecified atom stereocenters. The maximum absolute atomic E-state index is 5.16. The van der Waals surface area contributed by atoms with Gasteiger partial charge in [0.2, 0.25) is 0 Å². The van der Waals surface area contributed by atoms with Gasteiger partial charge >= 0.3 is 0 Å².